The number of aryl methyl sites for hydroxylation is 1. The summed E-state index contributed by atoms with van der Waals surface area (Å²) in [5, 5.41) is 7.51. The highest BCUT2D eigenvalue weighted by atomic mass is 32.2. The zero-order valence-electron chi connectivity index (χ0n) is 5.33. The van der Waals surface area contributed by atoms with Crippen molar-refractivity contribution in [2.24, 2.45) is 5.14 Å². The molecule has 0 aromatic carbocycles. The van der Waals surface area contributed by atoms with Crippen LogP contribution in [0.25, 0.3) is 0 Å². The third-order valence-corrected chi connectivity index (χ3v) is 2.66. The molecule has 1 aromatic rings. The Morgan fingerprint density at radius 2 is 2.50 bits per heavy atom. The maximum absolute atomic E-state index is 10.8. The Balaban J connectivity index is 3.21. The summed E-state index contributed by atoms with van der Waals surface area (Å²) in [6, 6.07) is 0. The Kier molecular flexibility index (Phi) is 1.76. The Hall–Kier alpha value is -0.460. The van der Waals surface area contributed by atoms with Crippen molar-refractivity contribution in [2.45, 2.75) is 11.9 Å². The molecule has 0 saturated carbocycles. The molecule has 0 fully saturated rings. The zero-order valence-corrected chi connectivity index (χ0v) is 6.96. The van der Waals surface area contributed by atoms with Crippen molar-refractivity contribution in [1.29, 1.82) is 4.78 Å². The predicted octanol–water partition coefficient (Wildman–Crippen LogP) is 0.731. The number of hydrogen-bond donors (Lipinski definition) is 2. The van der Waals surface area contributed by atoms with E-state index in [1.54, 1.807) is 12.3 Å². The van der Waals surface area contributed by atoms with Crippen molar-refractivity contribution in [1.82, 2.24) is 4.98 Å². The molecule has 0 saturated heterocycles. The lowest BCUT2D eigenvalue weighted by atomic mass is 10.8. The standard InChI is InChI=1S/C4H7N3OS2/c1-3-7-4(2-9-3)10(5,6)8/h2H,1H3,(H3,5,6,8). The molecule has 6 heteroatoms. The Bertz CT molecular complexity index is 326. The molecular formula is C4H7N3OS2. The molecular weight excluding hydrogens is 170 g/mol. The van der Waals surface area contributed by atoms with Gasteiger partial charge in [-0.3, -0.25) is 0 Å². The first-order chi connectivity index (χ1) is 4.50. The molecule has 0 aliphatic carbocycles. The summed E-state index contributed by atoms with van der Waals surface area (Å²) in [5.74, 6) is 0. The van der Waals surface area contributed by atoms with Gasteiger partial charge in [-0.15, -0.1) is 11.3 Å². The van der Waals surface area contributed by atoms with Gasteiger partial charge in [-0.2, -0.15) is 0 Å². The maximum Gasteiger partial charge on any atom is 0.161 e. The van der Waals surface area contributed by atoms with E-state index >= 15 is 0 Å². The highest BCUT2D eigenvalue weighted by Gasteiger charge is 2.06. The molecule has 56 valence electrons. The Labute approximate surface area is 63.2 Å². The van der Waals surface area contributed by atoms with Gasteiger partial charge < -0.3 is 0 Å². The van der Waals surface area contributed by atoms with Gasteiger partial charge in [0, 0.05) is 5.38 Å². The molecule has 3 N–H and O–H groups in total. The summed E-state index contributed by atoms with van der Waals surface area (Å²) in [7, 11) is -3.08. The van der Waals surface area contributed by atoms with Gasteiger partial charge in [-0.05, 0) is 6.92 Å². The fraction of sp³-hybridized carbons (Fsp3) is 0.250. The van der Waals surface area contributed by atoms with Gasteiger partial charge in [0.25, 0.3) is 0 Å². The van der Waals surface area contributed by atoms with E-state index in [2.05, 4.69) is 4.98 Å². The van der Waals surface area contributed by atoms with Crippen LogP contribution < -0.4 is 5.14 Å². The van der Waals surface area contributed by atoms with Gasteiger partial charge in [-0.25, -0.2) is 19.1 Å². The molecule has 0 amide bonds. The van der Waals surface area contributed by atoms with Gasteiger partial charge in [-0.1, -0.05) is 0 Å². The fourth-order valence-electron chi connectivity index (χ4n) is 0.483. The number of rotatable bonds is 1. The van der Waals surface area contributed by atoms with Crippen molar-refractivity contribution in [3.8, 4) is 0 Å². The van der Waals surface area contributed by atoms with Crippen molar-refractivity contribution >= 4 is 21.3 Å². The summed E-state index contributed by atoms with van der Waals surface area (Å²) < 4.78 is 17.7. The highest BCUT2D eigenvalue weighted by Crippen LogP contribution is 2.11. The van der Waals surface area contributed by atoms with Crippen LogP contribution in [0, 0.1) is 11.7 Å². The average molecular weight is 177 g/mol. The van der Waals surface area contributed by atoms with Crippen molar-refractivity contribution in [3.63, 3.8) is 0 Å². The van der Waals surface area contributed by atoms with Gasteiger partial charge in [0.15, 0.2) is 14.9 Å². The van der Waals surface area contributed by atoms with E-state index in [9.17, 15) is 4.21 Å². The van der Waals surface area contributed by atoms with E-state index in [0.717, 1.165) is 5.01 Å². The third-order valence-electron chi connectivity index (χ3n) is 0.909. The molecule has 1 unspecified atom stereocenters. The molecule has 1 heterocycles. The second kappa shape index (κ2) is 2.30. The number of nitrogens with one attached hydrogen (secondary N) is 1. The molecule has 0 spiro atoms. The Morgan fingerprint density at radius 1 is 1.90 bits per heavy atom. The van der Waals surface area contributed by atoms with Crippen molar-refractivity contribution < 1.29 is 4.21 Å². The molecule has 1 aromatic heterocycles. The molecule has 10 heavy (non-hydrogen) atoms. The smallest absolute Gasteiger partial charge is 0.161 e. The topological polar surface area (TPSA) is 79.8 Å². The van der Waals surface area contributed by atoms with Crippen LogP contribution in [0.4, 0.5) is 0 Å². The number of thiazole rings is 1. The SMILES string of the molecule is Cc1nc(S(=N)(N)=O)cs1. The molecule has 0 radical (unpaired) electrons. The first kappa shape index (κ1) is 7.64. The van der Waals surface area contributed by atoms with E-state index in [4.69, 9.17) is 9.92 Å². The molecule has 0 aliphatic heterocycles. The number of aromatic nitrogens is 1. The Morgan fingerprint density at radius 3 is 2.70 bits per heavy atom. The van der Waals surface area contributed by atoms with Gasteiger partial charge in [0.2, 0.25) is 0 Å². The number of hydrogen-bond acceptors (Lipinski definition) is 4. The minimum absolute atomic E-state index is 0.176. The second-order valence-corrected chi connectivity index (χ2v) is 4.49. The van der Waals surface area contributed by atoms with E-state index in [0.29, 0.717) is 0 Å². The molecule has 1 rings (SSSR count). The van der Waals surface area contributed by atoms with Crippen LogP contribution >= 0.6 is 11.3 Å². The van der Waals surface area contributed by atoms with Crippen molar-refractivity contribution in [2.75, 3.05) is 0 Å². The number of nitrogens with two attached hydrogens (primary N) is 1. The van der Waals surface area contributed by atoms with Crippen LogP contribution in [-0.4, -0.2) is 9.19 Å². The second-order valence-electron chi connectivity index (χ2n) is 1.81. The predicted molar refractivity (Wildman–Crippen MR) is 40.2 cm³/mol. The minimum Gasteiger partial charge on any atom is -0.240 e. The van der Waals surface area contributed by atoms with Crippen LogP contribution in [0.5, 0.6) is 0 Å². The fourth-order valence-corrected chi connectivity index (χ4v) is 2.00. The first-order valence-electron chi connectivity index (χ1n) is 2.49. The number of nitrogens with zero attached hydrogens (tertiary/aromatic N) is 1. The summed E-state index contributed by atoms with van der Waals surface area (Å²) >= 11 is 1.34. The summed E-state index contributed by atoms with van der Waals surface area (Å²) in [6.07, 6.45) is 0. The largest absolute Gasteiger partial charge is 0.240 e. The summed E-state index contributed by atoms with van der Waals surface area (Å²) in [5.41, 5.74) is 0. The lowest BCUT2D eigenvalue weighted by molar-refractivity contribution is 0.673. The highest BCUT2D eigenvalue weighted by molar-refractivity contribution is 7.90. The minimum atomic E-state index is -3.08. The van der Waals surface area contributed by atoms with Crippen LogP contribution in [0.1, 0.15) is 5.01 Å². The maximum atomic E-state index is 10.8. The molecule has 4 nitrogen and oxygen atoms in total. The first-order valence-corrected chi connectivity index (χ1v) is 4.99. The molecule has 0 bridgehead atoms. The van der Waals surface area contributed by atoms with E-state index in [1.165, 1.54) is 11.3 Å². The average Bonchev–Trinajstić information content (AvgIpc) is 2.11. The summed E-state index contributed by atoms with van der Waals surface area (Å²) in [4.78, 5) is 3.81. The molecule has 1 atom stereocenters. The van der Waals surface area contributed by atoms with Crippen molar-refractivity contribution in [3.05, 3.63) is 10.4 Å². The lowest BCUT2D eigenvalue weighted by Crippen LogP contribution is -2.10. The monoisotopic (exact) mass is 177 g/mol. The van der Waals surface area contributed by atoms with E-state index in [1.807, 2.05) is 0 Å². The molecule has 0 aliphatic rings. The lowest BCUT2D eigenvalue weighted by Gasteiger charge is -1.90. The third kappa shape index (κ3) is 1.53. The van der Waals surface area contributed by atoms with Gasteiger partial charge in [0.05, 0.1) is 5.01 Å². The van der Waals surface area contributed by atoms with E-state index in [-0.39, 0.29) is 5.03 Å². The van der Waals surface area contributed by atoms with Gasteiger partial charge in [0.1, 0.15) is 0 Å². The quantitative estimate of drug-likeness (QED) is 0.663. The van der Waals surface area contributed by atoms with Crippen LogP contribution in [0.3, 0.4) is 0 Å². The van der Waals surface area contributed by atoms with Crippen LogP contribution in [-0.2, 0) is 9.92 Å². The summed E-state index contributed by atoms with van der Waals surface area (Å²) in [6.45, 7) is 1.78. The van der Waals surface area contributed by atoms with Crippen LogP contribution in [0.15, 0.2) is 10.4 Å². The van der Waals surface area contributed by atoms with E-state index < -0.39 is 9.92 Å². The van der Waals surface area contributed by atoms with Gasteiger partial charge >= 0.3 is 0 Å². The zero-order chi connectivity index (χ0) is 7.78. The van der Waals surface area contributed by atoms with Crippen LogP contribution in [0.2, 0.25) is 0 Å². The normalized spacial score (nSPS) is 16.6.